The van der Waals surface area contributed by atoms with Gasteiger partial charge in [-0.15, -0.1) is 11.8 Å². The lowest BCUT2D eigenvalue weighted by Gasteiger charge is -2.14. The zero-order valence-corrected chi connectivity index (χ0v) is 10.8. The van der Waals surface area contributed by atoms with Gasteiger partial charge in [-0.3, -0.25) is 4.79 Å². The highest BCUT2D eigenvalue weighted by molar-refractivity contribution is 9.10. The predicted molar refractivity (Wildman–Crippen MR) is 62.7 cm³/mol. The SMILES string of the molecule is CC(C)C(C)Sc1nc[nH]c(=O)c1Br. The molecule has 1 aromatic rings. The minimum atomic E-state index is -0.126. The summed E-state index contributed by atoms with van der Waals surface area (Å²) in [7, 11) is 0. The number of rotatable bonds is 3. The monoisotopic (exact) mass is 276 g/mol. The summed E-state index contributed by atoms with van der Waals surface area (Å²) in [5, 5.41) is 1.20. The molecule has 0 aliphatic rings. The molecule has 0 radical (unpaired) electrons. The molecule has 1 unspecified atom stereocenters. The number of hydrogen-bond donors (Lipinski definition) is 1. The number of aromatic amines is 1. The Labute approximate surface area is 95.8 Å². The fourth-order valence-corrected chi connectivity index (χ4v) is 2.19. The Hall–Kier alpha value is -0.290. The van der Waals surface area contributed by atoms with Gasteiger partial charge in [-0.1, -0.05) is 20.8 Å². The van der Waals surface area contributed by atoms with Crippen molar-refractivity contribution in [3.05, 3.63) is 21.2 Å². The van der Waals surface area contributed by atoms with E-state index in [1.807, 2.05) is 0 Å². The smallest absolute Gasteiger partial charge is 0.266 e. The summed E-state index contributed by atoms with van der Waals surface area (Å²) < 4.78 is 0.525. The van der Waals surface area contributed by atoms with Crippen LogP contribution in [0.2, 0.25) is 0 Å². The molecule has 0 aliphatic carbocycles. The molecule has 1 rings (SSSR count). The first kappa shape index (κ1) is 11.8. The largest absolute Gasteiger partial charge is 0.312 e. The lowest BCUT2D eigenvalue weighted by molar-refractivity contribution is 0.641. The van der Waals surface area contributed by atoms with E-state index in [9.17, 15) is 4.79 Å². The van der Waals surface area contributed by atoms with Gasteiger partial charge in [0.15, 0.2) is 0 Å². The van der Waals surface area contributed by atoms with Crippen molar-refractivity contribution in [3.8, 4) is 0 Å². The van der Waals surface area contributed by atoms with Crippen LogP contribution in [0.15, 0.2) is 20.6 Å². The Morgan fingerprint density at radius 3 is 2.71 bits per heavy atom. The molecular formula is C9H13BrN2OS. The molecule has 0 saturated carbocycles. The maximum absolute atomic E-state index is 11.2. The van der Waals surface area contributed by atoms with Gasteiger partial charge in [-0.2, -0.15) is 0 Å². The Morgan fingerprint density at radius 1 is 1.50 bits per heavy atom. The zero-order valence-electron chi connectivity index (χ0n) is 8.37. The van der Waals surface area contributed by atoms with Gasteiger partial charge in [-0.05, 0) is 21.8 Å². The Bertz CT molecular complexity index is 364. The van der Waals surface area contributed by atoms with Gasteiger partial charge in [0.1, 0.15) is 9.50 Å². The quantitative estimate of drug-likeness (QED) is 0.682. The molecule has 3 nitrogen and oxygen atoms in total. The van der Waals surface area contributed by atoms with E-state index < -0.39 is 0 Å². The van der Waals surface area contributed by atoms with Crippen LogP contribution < -0.4 is 5.56 Å². The second-order valence-electron chi connectivity index (χ2n) is 3.42. The van der Waals surface area contributed by atoms with Gasteiger partial charge in [0.25, 0.3) is 5.56 Å². The summed E-state index contributed by atoms with van der Waals surface area (Å²) in [6, 6.07) is 0. The lowest BCUT2D eigenvalue weighted by atomic mass is 10.2. The van der Waals surface area contributed by atoms with Gasteiger partial charge in [0.05, 0.1) is 6.33 Å². The molecule has 0 amide bonds. The fraction of sp³-hybridized carbons (Fsp3) is 0.556. The number of nitrogens with zero attached hydrogens (tertiary/aromatic N) is 1. The summed E-state index contributed by atoms with van der Waals surface area (Å²) in [6.45, 7) is 6.43. The summed E-state index contributed by atoms with van der Waals surface area (Å²) in [6.07, 6.45) is 1.43. The van der Waals surface area contributed by atoms with Crippen LogP contribution >= 0.6 is 27.7 Å². The van der Waals surface area contributed by atoms with Gasteiger partial charge in [0, 0.05) is 5.25 Å². The van der Waals surface area contributed by atoms with E-state index in [0.29, 0.717) is 15.6 Å². The van der Waals surface area contributed by atoms with Crippen LogP contribution in [0.4, 0.5) is 0 Å². The summed E-state index contributed by atoms with van der Waals surface area (Å²) in [5.41, 5.74) is -0.126. The highest BCUT2D eigenvalue weighted by Crippen LogP contribution is 2.29. The van der Waals surface area contributed by atoms with Crippen LogP contribution in [0.25, 0.3) is 0 Å². The third-order valence-electron chi connectivity index (χ3n) is 2.00. The Kier molecular flexibility index (Phi) is 4.19. The molecular weight excluding hydrogens is 264 g/mol. The van der Waals surface area contributed by atoms with Crippen LogP contribution in [-0.4, -0.2) is 15.2 Å². The topological polar surface area (TPSA) is 45.8 Å². The standard InChI is InChI=1S/C9H13BrN2OS/c1-5(2)6(3)14-9-7(10)8(13)11-4-12-9/h4-6H,1-3H3,(H,11,12,13). The first-order valence-corrected chi connectivity index (χ1v) is 6.09. The third-order valence-corrected chi connectivity index (χ3v) is 4.45. The van der Waals surface area contributed by atoms with E-state index in [1.165, 1.54) is 6.33 Å². The van der Waals surface area contributed by atoms with E-state index in [-0.39, 0.29) is 5.56 Å². The summed E-state index contributed by atoms with van der Waals surface area (Å²) in [4.78, 5) is 17.9. The van der Waals surface area contributed by atoms with E-state index in [2.05, 4.69) is 46.7 Å². The molecule has 0 spiro atoms. The minimum Gasteiger partial charge on any atom is -0.312 e. The van der Waals surface area contributed by atoms with Crippen molar-refractivity contribution in [2.24, 2.45) is 5.92 Å². The molecule has 0 fully saturated rings. The van der Waals surface area contributed by atoms with E-state index >= 15 is 0 Å². The first-order valence-electron chi connectivity index (χ1n) is 4.42. The van der Waals surface area contributed by atoms with Crippen LogP contribution in [-0.2, 0) is 0 Å². The molecule has 0 saturated heterocycles. The number of halogens is 1. The number of nitrogens with one attached hydrogen (secondary N) is 1. The molecule has 1 heterocycles. The van der Waals surface area contributed by atoms with E-state index in [4.69, 9.17) is 0 Å². The molecule has 1 aromatic heterocycles. The highest BCUT2D eigenvalue weighted by Gasteiger charge is 2.13. The van der Waals surface area contributed by atoms with Crippen LogP contribution in [0.1, 0.15) is 20.8 Å². The summed E-state index contributed by atoms with van der Waals surface area (Å²) >= 11 is 4.85. The maximum Gasteiger partial charge on any atom is 0.266 e. The van der Waals surface area contributed by atoms with Crippen molar-refractivity contribution in [2.75, 3.05) is 0 Å². The Balaban J connectivity index is 2.87. The minimum absolute atomic E-state index is 0.126. The molecule has 78 valence electrons. The van der Waals surface area contributed by atoms with E-state index in [1.54, 1.807) is 11.8 Å². The third kappa shape index (κ3) is 2.85. The van der Waals surface area contributed by atoms with Crippen molar-refractivity contribution in [1.29, 1.82) is 0 Å². The summed E-state index contributed by atoms with van der Waals surface area (Å²) in [5.74, 6) is 0.563. The van der Waals surface area contributed by atoms with Gasteiger partial charge in [0.2, 0.25) is 0 Å². The average Bonchev–Trinajstić information content (AvgIpc) is 2.12. The molecule has 1 atom stereocenters. The average molecular weight is 277 g/mol. The highest BCUT2D eigenvalue weighted by atomic mass is 79.9. The van der Waals surface area contributed by atoms with Crippen LogP contribution in [0.5, 0.6) is 0 Å². The van der Waals surface area contributed by atoms with Crippen molar-refractivity contribution in [3.63, 3.8) is 0 Å². The number of thioether (sulfide) groups is 1. The maximum atomic E-state index is 11.2. The molecule has 5 heteroatoms. The molecule has 0 bridgehead atoms. The van der Waals surface area contributed by atoms with Crippen molar-refractivity contribution >= 4 is 27.7 Å². The first-order chi connectivity index (χ1) is 6.52. The zero-order chi connectivity index (χ0) is 10.7. The molecule has 0 aliphatic heterocycles. The predicted octanol–water partition coefficient (Wildman–Crippen LogP) is 2.67. The van der Waals surface area contributed by atoms with E-state index in [0.717, 1.165) is 5.03 Å². The van der Waals surface area contributed by atoms with Crippen molar-refractivity contribution in [1.82, 2.24) is 9.97 Å². The van der Waals surface area contributed by atoms with Crippen molar-refractivity contribution in [2.45, 2.75) is 31.0 Å². The number of aromatic nitrogens is 2. The Morgan fingerprint density at radius 2 is 2.14 bits per heavy atom. The molecule has 1 N–H and O–H groups in total. The normalized spacial score (nSPS) is 13.2. The van der Waals surface area contributed by atoms with Gasteiger partial charge in [-0.25, -0.2) is 4.98 Å². The van der Waals surface area contributed by atoms with Gasteiger partial charge >= 0.3 is 0 Å². The number of H-pyrrole nitrogens is 1. The second-order valence-corrected chi connectivity index (χ2v) is 5.58. The number of hydrogen-bond acceptors (Lipinski definition) is 3. The lowest BCUT2D eigenvalue weighted by Crippen LogP contribution is -2.11. The second kappa shape index (κ2) is 4.98. The molecule has 14 heavy (non-hydrogen) atoms. The van der Waals surface area contributed by atoms with Gasteiger partial charge < -0.3 is 4.98 Å². The fourth-order valence-electron chi connectivity index (χ4n) is 0.761. The van der Waals surface area contributed by atoms with Crippen molar-refractivity contribution < 1.29 is 0 Å². The van der Waals surface area contributed by atoms with Crippen LogP contribution in [0, 0.1) is 5.92 Å². The van der Waals surface area contributed by atoms with Crippen LogP contribution in [0.3, 0.4) is 0 Å². The molecule has 0 aromatic carbocycles.